The molecule has 0 unspecified atom stereocenters. The maximum atomic E-state index is 14.3. The molecular weight excluding hydrogens is 551 g/mol. The third-order valence-electron chi connectivity index (χ3n) is 5.80. The summed E-state index contributed by atoms with van der Waals surface area (Å²) in [4.78, 5) is 18.5. The number of aromatic amines is 1. The van der Waals surface area contributed by atoms with E-state index in [2.05, 4.69) is 25.8 Å². The number of H-pyrrole nitrogens is 1. The summed E-state index contributed by atoms with van der Waals surface area (Å²) in [6.07, 6.45) is -2.37. The lowest BCUT2D eigenvalue weighted by Gasteiger charge is -2.13. The second-order valence-corrected chi connectivity index (χ2v) is 8.98. The first-order valence-electron chi connectivity index (χ1n) is 10.7. The summed E-state index contributed by atoms with van der Waals surface area (Å²) in [5.41, 5.74) is 0.613. The minimum Gasteiger partial charge on any atom is -0.439 e. The van der Waals surface area contributed by atoms with Gasteiger partial charge in [-0.2, -0.15) is 24.1 Å². The van der Waals surface area contributed by atoms with Crippen molar-refractivity contribution in [3.63, 3.8) is 0 Å². The summed E-state index contributed by atoms with van der Waals surface area (Å²) in [7, 11) is 0. The van der Waals surface area contributed by atoms with Gasteiger partial charge in [0.1, 0.15) is 23.8 Å². The van der Waals surface area contributed by atoms with Gasteiger partial charge in [0.05, 0.1) is 11.1 Å². The Morgan fingerprint density at radius 1 is 1.03 bits per heavy atom. The molecule has 188 valence electrons. The van der Waals surface area contributed by atoms with E-state index in [9.17, 15) is 26.7 Å². The van der Waals surface area contributed by atoms with Crippen LogP contribution in [0.5, 0.6) is 5.88 Å². The van der Waals surface area contributed by atoms with Crippen molar-refractivity contribution in [2.75, 3.05) is 0 Å². The van der Waals surface area contributed by atoms with Gasteiger partial charge in [0.2, 0.25) is 0 Å². The molecule has 0 saturated carbocycles. The zero-order valence-electron chi connectivity index (χ0n) is 18.5. The first kappa shape index (κ1) is 25.8. The topological polar surface area (TPSA) is 75.7 Å². The average molecular weight is 570 g/mol. The molecule has 0 fully saturated rings. The van der Waals surface area contributed by atoms with Crippen LogP contribution in [-0.4, -0.2) is 5.97 Å². The predicted octanol–water partition coefficient (Wildman–Crippen LogP) is 6.26. The van der Waals surface area contributed by atoms with Crippen LogP contribution >= 0.6 is 15.9 Å². The van der Waals surface area contributed by atoms with Gasteiger partial charge >= 0.3 is 18.0 Å². The maximum absolute atomic E-state index is 14.3. The first-order valence-corrected chi connectivity index (χ1v) is 11.5. The molecule has 3 aromatic rings. The molecule has 5 nitrogen and oxygen atoms in total. The van der Waals surface area contributed by atoms with Crippen LogP contribution in [-0.2, 0) is 17.6 Å². The van der Waals surface area contributed by atoms with Crippen molar-refractivity contribution >= 4 is 33.0 Å². The zero-order valence-corrected chi connectivity index (χ0v) is 20.1. The molecule has 0 amide bonds. The third-order valence-corrected chi connectivity index (χ3v) is 6.30. The highest BCUT2D eigenvalue weighted by atomic mass is 79.9. The second kappa shape index (κ2) is 10.4. The first-order chi connectivity index (χ1) is 17.1. The number of nitrogens with one attached hydrogen (secondary N) is 1. The number of halogens is 6. The number of ether oxygens (including phenoxy) is 1. The van der Waals surface area contributed by atoms with Crippen LogP contribution in [0.1, 0.15) is 51.9 Å². The number of carbonyl (C=O) groups is 1. The van der Waals surface area contributed by atoms with Gasteiger partial charge in [-0.3, -0.25) is 0 Å². The lowest BCUT2D eigenvalue weighted by atomic mass is 9.95. The lowest BCUT2D eigenvalue weighted by molar-refractivity contribution is -0.398. The van der Waals surface area contributed by atoms with Gasteiger partial charge in [0.25, 0.3) is 0 Å². The fourth-order valence-corrected chi connectivity index (χ4v) is 4.41. The molecule has 0 aliphatic heterocycles. The number of hydrogen-bond acceptors (Lipinski definition) is 4. The fourth-order valence-electron chi connectivity index (χ4n) is 4.07. The van der Waals surface area contributed by atoms with Crippen LogP contribution in [0.3, 0.4) is 0 Å². The Labute approximate surface area is 210 Å². The smallest absolute Gasteiger partial charge is 0.422 e. The molecule has 0 spiro atoms. The minimum atomic E-state index is -4.63. The molecule has 0 atom stereocenters. The zero-order chi connectivity index (χ0) is 26.0. The van der Waals surface area contributed by atoms with Gasteiger partial charge in [-0.05, 0) is 66.3 Å². The molecule has 0 radical (unpaired) electrons. The standard InChI is InChI=1S/C25H18BrF5N2O3/c26-16-6-4-14(22(28)10-16)12-35-23-19(9-15(11-33-23)25(29,30)31)18-3-1-2-17(18)13-5-7-21(27)20(8-13)24(34)36-32/h4-11H,1-3,12,32H2/p+1. The van der Waals surface area contributed by atoms with Crippen molar-refractivity contribution in [1.29, 1.82) is 0 Å². The minimum absolute atomic E-state index is 0.0171. The molecular formula is C25H19BrF5N2O3+. The number of nitrogens with two attached hydrogens (primary N) is 1. The quantitative estimate of drug-likeness (QED) is 0.280. The van der Waals surface area contributed by atoms with Crippen LogP contribution in [0.25, 0.3) is 11.1 Å². The Hall–Kier alpha value is -3.31. The number of aromatic nitrogens is 1. The highest BCUT2D eigenvalue weighted by molar-refractivity contribution is 9.10. The number of alkyl halides is 3. The summed E-state index contributed by atoms with van der Waals surface area (Å²) >= 11 is 3.17. The van der Waals surface area contributed by atoms with Gasteiger partial charge < -0.3 is 9.57 Å². The van der Waals surface area contributed by atoms with Crippen LogP contribution in [0.15, 0.2) is 53.1 Å². The van der Waals surface area contributed by atoms with Crippen LogP contribution in [0, 0.1) is 11.6 Å². The molecule has 1 aliphatic rings. The van der Waals surface area contributed by atoms with Gasteiger partial charge in [0.15, 0.2) is 6.20 Å². The Morgan fingerprint density at radius 3 is 2.47 bits per heavy atom. The second-order valence-electron chi connectivity index (χ2n) is 8.06. The van der Waals surface area contributed by atoms with E-state index in [0.29, 0.717) is 40.4 Å². The van der Waals surface area contributed by atoms with Crippen molar-refractivity contribution in [3.05, 3.63) is 92.6 Å². The average Bonchev–Trinajstić information content (AvgIpc) is 3.32. The van der Waals surface area contributed by atoms with Crippen molar-refractivity contribution in [1.82, 2.24) is 0 Å². The van der Waals surface area contributed by atoms with E-state index in [-0.39, 0.29) is 23.6 Å². The van der Waals surface area contributed by atoms with Crippen LogP contribution in [0.2, 0.25) is 0 Å². The highest BCUT2D eigenvalue weighted by Gasteiger charge is 2.36. The molecule has 36 heavy (non-hydrogen) atoms. The summed E-state index contributed by atoms with van der Waals surface area (Å²) in [5, 5.41) is 0. The van der Waals surface area contributed by atoms with Crippen molar-refractivity contribution in [2.24, 2.45) is 5.90 Å². The Balaban J connectivity index is 1.80. The van der Waals surface area contributed by atoms with E-state index in [0.717, 1.165) is 18.3 Å². The molecule has 1 heterocycles. The van der Waals surface area contributed by atoms with Crippen LogP contribution in [0.4, 0.5) is 22.0 Å². The number of rotatable bonds is 6. The van der Waals surface area contributed by atoms with E-state index in [1.54, 1.807) is 6.07 Å². The van der Waals surface area contributed by atoms with Gasteiger partial charge in [0, 0.05) is 10.0 Å². The summed E-state index contributed by atoms with van der Waals surface area (Å²) < 4.78 is 75.3. The molecule has 0 saturated heterocycles. The van der Waals surface area contributed by atoms with Gasteiger partial charge in [-0.15, -0.1) is 0 Å². The van der Waals surface area contributed by atoms with Gasteiger partial charge in [-0.1, -0.05) is 28.1 Å². The highest BCUT2D eigenvalue weighted by Crippen LogP contribution is 2.43. The van der Waals surface area contributed by atoms with Crippen molar-refractivity contribution < 1.29 is 41.3 Å². The normalized spacial score (nSPS) is 13.8. The number of allylic oxidation sites excluding steroid dienone is 2. The Bertz CT molecular complexity index is 1360. The Kier molecular flexibility index (Phi) is 7.41. The predicted molar refractivity (Wildman–Crippen MR) is 123 cm³/mol. The number of carbonyl (C=O) groups excluding carboxylic acids is 1. The molecule has 11 heteroatoms. The van der Waals surface area contributed by atoms with Gasteiger partial charge in [-0.25, -0.2) is 13.6 Å². The van der Waals surface area contributed by atoms with Crippen molar-refractivity contribution in [2.45, 2.75) is 32.0 Å². The molecule has 1 aromatic heterocycles. The molecule has 1 aliphatic carbocycles. The largest absolute Gasteiger partial charge is 0.439 e. The molecule has 2 aromatic carbocycles. The lowest BCUT2D eigenvalue weighted by Crippen LogP contribution is -2.17. The third kappa shape index (κ3) is 5.41. The molecule has 0 bridgehead atoms. The fraction of sp³-hybridized carbons (Fsp3) is 0.200. The van der Waals surface area contributed by atoms with E-state index >= 15 is 0 Å². The van der Waals surface area contributed by atoms with E-state index in [1.807, 2.05) is 0 Å². The molecule has 4 rings (SSSR count). The summed E-state index contributed by atoms with van der Waals surface area (Å²) in [5.74, 6) is 2.44. The number of benzene rings is 2. The van der Waals surface area contributed by atoms with Crippen molar-refractivity contribution in [3.8, 4) is 5.88 Å². The number of pyridine rings is 1. The summed E-state index contributed by atoms with van der Waals surface area (Å²) in [6, 6.07) is 9.08. The maximum Gasteiger partial charge on any atom is 0.422 e. The Morgan fingerprint density at radius 2 is 1.78 bits per heavy atom. The molecule has 3 N–H and O–H groups in total. The SMILES string of the molecule is NOC(=O)c1cc(C2=C(c3cc(C(F)(F)F)c[nH+]c3OCc3ccc(Br)cc3F)CCC2)ccc1F. The number of hydrogen-bond donors (Lipinski definition) is 1. The van der Waals surface area contributed by atoms with E-state index in [4.69, 9.17) is 10.6 Å². The van der Waals surface area contributed by atoms with E-state index in [1.165, 1.54) is 24.3 Å². The van der Waals surface area contributed by atoms with Crippen LogP contribution < -0.4 is 15.6 Å². The van der Waals surface area contributed by atoms with E-state index < -0.39 is 34.9 Å². The monoisotopic (exact) mass is 569 g/mol. The summed E-state index contributed by atoms with van der Waals surface area (Å²) in [6.45, 7) is -0.236.